The van der Waals surface area contributed by atoms with E-state index in [0.717, 1.165) is 5.69 Å². The first kappa shape index (κ1) is 17.7. The Morgan fingerprint density at radius 3 is 1.93 bits per heavy atom. The average molecular weight is 367 g/mol. The van der Waals surface area contributed by atoms with Crippen LogP contribution in [0.4, 0.5) is 0 Å². The third-order valence-corrected chi connectivity index (χ3v) is 4.74. The Morgan fingerprint density at radius 1 is 0.821 bits per heavy atom. The summed E-state index contributed by atoms with van der Waals surface area (Å²) >= 11 is 0. The van der Waals surface area contributed by atoms with Crippen LogP contribution >= 0.6 is 0 Å². The van der Waals surface area contributed by atoms with Gasteiger partial charge in [0.15, 0.2) is 0 Å². The SMILES string of the molecule is O=C(NCC(c1ccccc1)c1ccccc1)c1cnn(-c2ccccc2)c1. The fraction of sp³-hybridized carbons (Fsp3) is 0.0833. The summed E-state index contributed by atoms with van der Waals surface area (Å²) in [6.07, 6.45) is 3.35. The van der Waals surface area contributed by atoms with E-state index in [0.29, 0.717) is 12.1 Å². The Morgan fingerprint density at radius 2 is 1.36 bits per heavy atom. The predicted molar refractivity (Wildman–Crippen MR) is 111 cm³/mol. The molecule has 0 aliphatic rings. The van der Waals surface area contributed by atoms with Crippen molar-refractivity contribution in [1.82, 2.24) is 15.1 Å². The van der Waals surface area contributed by atoms with Gasteiger partial charge in [0, 0.05) is 18.7 Å². The molecule has 0 bridgehead atoms. The Balaban J connectivity index is 1.50. The van der Waals surface area contributed by atoms with E-state index < -0.39 is 0 Å². The Bertz CT molecular complexity index is 988. The molecule has 4 nitrogen and oxygen atoms in total. The Labute approximate surface area is 164 Å². The summed E-state index contributed by atoms with van der Waals surface area (Å²) in [7, 11) is 0. The van der Waals surface area contributed by atoms with Gasteiger partial charge in [0.25, 0.3) is 5.91 Å². The maximum absolute atomic E-state index is 12.7. The smallest absolute Gasteiger partial charge is 0.254 e. The van der Waals surface area contributed by atoms with E-state index in [1.165, 1.54) is 11.1 Å². The van der Waals surface area contributed by atoms with E-state index in [1.54, 1.807) is 17.1 Å². The highest BCUT2D eigenvalue weighted by Gasteiger charge is 2.16. The number of carbonyl (C=O) groups excluding carboxylic acids is 1. The number of rotatable bonds is 6. The number of aromatic nitrogens is 2. The van der Waals surface area contributed by atoms with Gasteiger partial charge < -0.3 is 5.32 Å². The number of benzene rings is 3. The average Bonchev–Trinajstić information content (AvgIpc) is 3.26. The topological polar surface area (TPSA) is 46.9 Å². The van der Waals surface area contributed by atoms with Gasteiger partial charge >= 0.3 is 0 Å². The molecule has 1 N–H and O–H groups in total. The lowest BCUT2D eigenvalue weighted by atomic mass is 9.91. The van der Waals surface area contributed by atoms with Crippen molar-refractivity contribution in [2.75, 3.05) is 6.54 Å². The predicted octanol–water partition coefficient (Wildman–Crippen LogP) is 4.43. The zero-order valence-corrected chi connectivity index (χ0v) is 15.4. The Kier molecular flexibility index (Phi) is 5.29. The molecule has 4 aromatic rings. The molecule has 28 heavy (non-hydrogen) atoms. The van der Waals surface area contributed by atoms with Crippen LogP contribution in [0.5, 0.6) is 0 Å². The van der Waals surface area contributed by atoms with Crippen molar-refractivity contribution in [3.05, 3.63) is 120 Å². The van der Waals surface area contributed by atoms with E-state index in [2.05, 4.69) is 34.7 Å². The molecule has 4 heteroatoms. The summed E-state index contributed by atoms with van der Waals surface area (Å²) in [6, 6.07) is 30.2. The highest BCUT2D eigenvalue weighted by Crippen LogP contribution is 2.23. The van der Waals surface area contributed by atoms with Gasteiger partial charge in [0.05, 0.1) is 17.4 Å². The van der Waals surface area contributed by atoms with Gasteiger partial charge in [-0.15, -0.1) is 0 Å². The number of nitrogens with zero attached hydrogens (tertiary/aromatic N) is 2. The zero-order chi connectivity index (χ0) is 19.2. The van der Waals surface area contributed by atoms with Crippen LogP contribution in [0.3, 0.4) is 0 Å². The first-order valence-corrected chi connectivity index (χ1v) is 9.29. The maximum Gasteiger partial charge on any atom is 0.254 e. The van der Waals surface area contributed by atoms with Crippen LogP contribution in [-0.2, 0) is 0 Å². The summed E-state index contributed by atoms with van der Waals surface area (Å²) < 4.78 is 1.71. The fourth-order valence-electron chi connectivity index (χ4n) is 3.26. The lowest BCUT2D eigenvalue weighted by Gasteiger charge is -2.18. The standard InChI is InChI=1S/C24H21N3O/c28-24(21-16-26-27(18-21)22-14-8-3-9-15-22)25-17-23(19-10-4-1-5-11-19)20-12-6-2-7-13-20/h1-16,18,23H,17H2,(H,25,28). The lowest BCUT2D eigenvalue weighted by Crippen LogP contribution is -2.28. The molecule has 0 aliphatic carbocycles. The molecule has 0 saturated carbocycles. The molecule has 1 aromatic heterocycles. The van der Waals surface area contributed by atoms with E-state index in [9.17, 15) is 4.79 Å². The van der Waals surface area contributed by atoms with Crippen molar-refractivity contribution in [3.8, 4) is 5.69 Å². The van der Waals surface area contributed by atoms with Gasteiger partial charge in [-0.3, -0.25) is 4.79 Å². The number of carbonyl (C=O) groups is 1. The number of nitrogens with one attached hydrogen (secondary N) is 1. The third kappa shape index (κ3) is 4.01. The van der Waals surface area contributed by atoms with Gasteiger partial charge in [-0.25, -0.2) is 4.68 Å². The summed E-state index contributed by atoms with van der Waals surface area (Å²) in [5.41, 5.74) is 3.82. The number of hydrogen-bond acceptors (Lipinski definition) is 2. The molecule has 3 aromatic carbocycles. The van der Waals surface area contributed by atoms with Gasteiger partial charge in [-0.2, -0.15) is 5.10 Å². The second-order valence-corrected chi connectivity index (χ2v) is 6.59. The Hall–Kier alpha value is -3.66. The monoisotopic (exact) mass is 367 g/mol. The van der Waals surface area contributed by atoms with E-state index in [-0.39, 0.29) is 11.8 Å². The lowest BCUT2D eigenvalue weighted by molar-refractivity contribution is 0.0952. The minimum Gasteiger partial charge on any atom is -0.351 e. The van der Waals surface area contributed by atoms with Gasteiger partial charge in [0.1, 0.15) is 0 Å². The van der Waals surface area contributed by atoms with Crippen LogP contribution in [0.15, 0.2) is 103 Å². The van der Waals surface area contributed by atoms with Crippen LogP contribution in [0, 0.1) is 0 Å². The largest absolute Gasteiger partial charge is 0.351 e. The van der Waals surface area contributed by atoms with Crippen LogP contribution in [-0.4, -0.2) is 22.2 Å². The highest BCUT2D eigenvalue weighted by molar-refractivity contribution is 5.93. The molecule has 0 spiro atoms. The van der Waals surface area contributed by atoms with Crippen molar-refractivity contribution in [2.45, 2.75) is 5.92 Å². The number of hydrogen-bond donors (Lipinski definition) is 1. The van der Waals surface area contributed by atoms with E-state index >= 15 is 0 Å². The van der Waals surface area contributed by atoms with E-state index in [1.807, 2.05) is 66.7 Å². The van der Waals surface area contributed by atoms with Gasteiger partial charge in [0.2, 0.25) is 0 Å². The van der Waals surface area contributed by atoms with Crippen LogP contribution < -0.4 is 5.32 Å². The van der Waals surface area contributed by atoms with Crippen molar-refractivity contribution < 1.29 is 4.79 Å². The number of para-hydroxylation sites is 1. The summed E-state index contributed by atoms with van der Waals surface area (Å²) in [4.78, 5) is 12.7. The molecule has 0 radical (unpaired) electrons. The van der Waals surface area contributed by atoms with Gasteiger partial charge in [-0.1, -0.05) is 78.9 Å². The van der Waals surface area contributed by atoms with E-state index in [4.69, 9.17) is 0 Å². The van der Waals surface area contributed by atoms with Crippen LogP contribution in [0.25, 0.3) is 5.69 Å². The van der Waals surface area contributed by atoms with Crippen molar-refractivity contribution in [1.29, 1.82) is 0 Å². The molecule has 0 unspecified atom stereocenters. The van der Waals surface area contributed by atoms with Crippen molar-refractivity contribution in [2.24, 2.45) is 0 Å². The molecule has 0 saturated heterocycles. The van der Waals surface area contributed by atoms with Crippen LogP contribution in [0.2, 0.25) is 0 Å². The molecule has 1 heterocycles. The second kappa shape index (κ2) is 8.35. The third-order valence-electron chi connectivity index (χ3n) is 4.74. The zero-order valence-electron chi connectivity index (χ0n) is 15.4. The van der Waals surface area contributed by atoms with Crippen molar-refractivity contribution in [3.63, 3.8) is 0 Å². The summed E-state index contributed by atoms with van der Waals surface area (Å²) in [5, 5.41) is 7.38. The number of amides is 1. The molecular formula is C24H21N3O. The molecule has 0 atom stereocenters. The van der Waals surface area contributed by atoms with Crippen molar-refractivity contribution >= 4 is 5.91 Å². The highest BCUT2D eigenvalue weighted by atomic mass is 16.1. The quantitative estimate of drug-likeness (QED) is 0.548. The molecule has 0 aliphatic heterocycles. The summed E-state index contributed by atoms with van der Waals surface area (Å²) in [6.45, 7) is 0.517. The molecule has 138 valence electrons. The fourth-order valence-corrected chi connectivity index (χ4v) is 3.26. The minimum atomic E-state index is -0.126. The first-order chi connectivity index (χ1) is 13.8. The second-order valence-electron chi connectivity index (χ2n) is 6.59. The molecular weight excluding hydrogens is 346 g/mol. The first-order valence-electron chi connectivity index (χ1n) is 9.29. The molecule has 0 fully saturated rings. The molecule has 4 rings (SSSR count). The normalized spacial score (nSPS) is 10.8. The van der Waals surface area contributed by atoms with Gasteiger partial charge in [-0.05, 0) is 23.3 Å². The van der Waals surface area contributed by atoms with Crippen LogP contribution in [0.1, 0.15) is 27.4 Å². The maximum atomic E-state index is 12.7. The molecule has 1 amide bonds. The summed E-state index contributed by atoms with van der Waals surface area (Å²) in [5.74, 6) is -0.0328. The minimum absolute atomic E-state index is 0.0931.